The molecule has 8 heteroatoms. The molecule has 1 heterocycles. The highest BCUT2D eigenvalue weighted by atomic mass is 35.5. The van der Waals surface area contributed by atoms with Crippen molar-refractivity contribution in [2.75, 3.05) is 11.9 Å². The van der Waals surface area contributed by atoms with E-state index < -0.39 is 5.97 Å². The van der Waals surface area contributed by atoms with Gasteiger partial charge in [-0.15, -0.1) is 11.3 Å². The number of benzene rings is 1. The molecule has 6 nitrogen and oxygen atoms in total. The van der Waals surface area contributed by atoms with Crippen LogP contribution in [0.3, 0.4) is 0 Å². The minimum atomic E-state index is -0.631. The minimum Gasteiger partial charge on any atom is -0.452 e. The van der Waals surface area contributed by atoms with E-state index in [-0.39, 0.29) is 29.5 Å². The molecular formula is C24H25ClN2O4S. The molecule has 2 amide bonds. The van der Waals surface area contributed by atoms with E-state index >= 15 is 0 Å². The first-order chi connectivity index (χ1) is 15.4. The highest BCUT2D eigenvalue weighted by Crippen LogP contribution is 2.55. The van der Waals surface area contributed by atoms with Crippen LogP contribution in [0.25, 0.3) is 0 Å². The van der Waals surface area contributed by atoms with Crippen molar-refractivity contribution in [3.05, 3.63) is 51.2 Å². The summed E-state index contributed by atoms with van der Waals surface area (Å²) in [5.74, 6) is 0.986. The Morgan fingerprint density at radius 1 is 1.06 bits per heavy atom. The van der Waals surface area contributed by atoms with E-state index in [0.29, 0.717) is 15.6 Å². The Labute approximate surface area is 195 Å². The predicted molar refractivity (Wildman–Crippen MR) is 123 cm³/mol. The highest BCUT2D eigenvalue weighted by Gasteiger charge is 2.51. The molecule has 4 aliphatic rings. The van der Waals surface area contributed by atoms with Crippen LogP contribution >= 0.6 is 22.9 Å². The second kappa shape index (κ2) is 8.52. The molecule has 2 N–H and O–H groups in total. The monoisotopic (exact) mass is 472 g/mol. The fourth-order valence-corrected chi connectivity index (χ4v) is 6.93. The van der Waals surface area contributed by atoms with Gasteiger partial charge in [-0.3, -0.25) is 9.59 Å². The van der Waals surface area contributed by atoms with Crippen molar-refractivity contribution >= 4 is 46.4 Å². The number of esters is 1. The molecule has 4 aliphatic carbocycles. The smallest absolute Gasteiger partial charge is 0.338 e. The Kier molecular flexibility index (Phi) is 5.72. The fraction of sp³-hybridized carbons (Fsp3) is 0.458. The topological polar surface area (TPSA) is 84.5 Å². The van der Waals surface area contributed by atoms with Gasteiger partial charge in [0.15, 0.2) is 6.61 Å². The quantitative estimate of drug-likeness (QED) is 0.586. The molecule has 32 heavy (non-hydrogen) atoms. The van der Waals surface area contributed by atoms with Crippen LogP contribution in [0, 0.1) is 17.8 Å². The largest absolute Gasteiger partial charge is 0.452 e. The molecule has 0 radical (unpaired) electrons. The Bertz CT molecular complexity index is 1020. The summed E-state index contributed by atoms with van der Waals surface area (Å²) < 4.78 is 5.27. The van der Waals surface area contributed by atoms with Crippen LogP contribution in [0.15, 0.2) is 35.7 Å². The Morgan fingerprint density at radius 2 is 1.75 bits per heavy atom. The molecule has 2 aromatic rings. The Hall–Kier alpha value is -2.38. The van der Waals surface area contributed by atoms with E-state index in [9.17, 15) is 14.4 Å². The lowest BCUT2D eigenvalue weighted by Crippen LogP contribution is -2.60. The molecule has 0 atom stereocenters. The molecular weight excluding hydrogens is 448 g/mol. The van der Waals surface area contributed by atoms with Gasteiger partial charge in [0.1, 0.15) is 0 Å². The molecule has 4 fully saturated rings. The number of carbonyl (C=O) groups is 3. The number of hydrogen-bond acceptors (Lipinski definition) is 5. The predicted octanol–water partition coefficient (Wildman–Crippen LogP) is 4.90. The summed E-state index contributed by atoms with van der Waals surface area (Å²) >= 11 is 7.49. The summed E-state index contributed by atoms with van der Waals surface area (Å²) in [5.41, 5.74) is 0.425. The number of amides is 2. The van der Waals surface area contributed by atoms with Crippen LogP contribution in [0.4, 0.5) is 5.69 Å². The van der Waals surface area contributed by atoms with Gasteiger partial charge < -0.3 is 15.4 Å². The highest BCUT2D eigenvalue weighted by molar-refractivity contribution is 7.12. The second-order valence-electron chi connectivity index (χ2n) is 9.45. The summed E-state index contributed by atoms with van der Waals surface area (Å²) in [5, 5.41) is 8.03. The number of nitrogens with one attached hydrogen (secondary N) is 2. The zero-order valence-electron chi connectivity index (χ0n) is 17.6. The van der Waals surface area contributed by atoms with E-state index in [1.807, 2.05) is 0 Å². The second-order valence-corrected chi connectivity index (χ2v) is 10.8. The van der Waals surface area contributed by atoms with Crippen molar-refractivity contribution in [2.24, 2.45) is 17.8 Å². The van der Waals surface area contributed by atoms with E-state index in [0.717, 1.165) is 37.0 Å². The average Bonchev–Trinajstić information content (AvgIpc) is 3.27. The van der Waals surface area contributed by atoms with Crippen LogP contribution in [0.5, 0.6) is 0 Å². The van der Waals surface area contributed by atoms with Crippen molar-refractivity contribution in [3.63, 3.8) is 0 Å². The lowest BCUT2D eigenvalue weighted by Gasteiger charge is -2.56. The van der Waals surface area contributed by atoms with Gasteiger partial charge in [0.2, 0.25) is 0 Å². The number of rotatable bonds is 6. The Morgan fingerprint density at radius 3 is 2.38 bits per heavy atom. The van der Waals surface area contributed by atoms with E-state index in [1.165, 1.54) is 48.8 Å². The van der Waals surface area contributed by atoms with E-state index in [4.69, 9.17) is 16.3 Å². The van der Waals surface area contributed by atoms with Gasteiger partial charge in [0, 0.05) is 5.54 Å². The Balaban J connectivity index is 1.18. The number of thiophene rings is 1. The zero-order chi connectivity index (χ0) is 22.3. The molecule has 168 valence electrons. The van der Waals surface area contributed by atoms with Crippen molar-refractivity contribution < 1.29 is 19.1 Å². The van der Waals surface area contributed by atoms with E-state index in [1.54, 1.807) is 17.5 Å². The third-order valence-electron chi connectivity index (χ3n) is 6.97. The summed E-state index contributed by atoms with van der Waals surface area (Å²) in [7, 11) is 0. The van der Waals surface area contributed by atoms with Crippen LogP contribution in [0.1, 0.15) is 58.6 Å². The minimum absolute atomic E-state index is 0.113. The number of carbonyl (C=O) groups excluding carboxylic acids is 3. The number of anilines is 1. The molecule has 1 aromatic carbocycles. The molecule has 1 aromatic heterocycles. The number of hydrogen-bond donors (Lipinski definition) is 2. The number of halogens is 1. The molecule has 0 spiro atoms. The van der Waals surface area contributed by atoms with Crippen LogP contribution in [-0.2, 0) is 9.53 Å². The third kappa shape index (κ3) is 4.41. The molecule has 6 rings (SSSR count). The number of ether oxygens (including phenoxy) is 1. The maximum absolute atomic E-state index is 12.6. The SMILES string of the molecule is O=C(COC(=O)c1ccc(Cl)c(NC(=O)c2cccs2)c1)NC12CC3CC(CC(C3)C1)C2. The maximum Gasteiger partial charge on any atom is 0.338 e. The fourth-order valence-electron chi connectivity index (χ4n) is 6.15. The zero-order valence-corrected chi connectivity index (χ0v) is 19.1. The lowest BCUT2D eigenvalue weighted by molar-refractivity contribution is -0.130. The van der Waals surface area contributed by atoms with E-state index in [2.05, 4.69) is 10.6 Å². The van der Waals surface area contributed by atoms with Gasteiger partial charge in [-0.25, -0.2) is 4.79 Å². The third-order valence-corrected chi connectivity index (χ3v) is 8.17. The standard InChI is InChI=1S/C24H25ClN2O4S/c25-18-4-3-17(9-19(18)26-22(29)20-2-1-5-32-20)23(30)31-13-21(28)27-24-10-14-6-15(11-24)8-16(7-14)12-24/h1-5,9,14-16H,6-8,10-13H2,(H,26,29)(H,27,28). The van der Waals surface area contributed by atoms with Crippen molar-refractivity contribution in [1.29, 1.82) is 0 Å². The summed E-state index contributed by atoms with van der Waals surface area (Å²) in [6.45, 7) is -0.319. The van der Waals surface area contributed by atoms with Gasteiger partial charge in [-0.1, -0.05) is 17.7 Å². The van der Waals surface area contributed by atoms with Gasteiger partial charge >= 0.3 is 5.97 Å². The van der Waals surface area contributed by atoms with Gasteiger partial charge in [0.05, 0.1) is 21.2 Å². The molecule has 4 saturated carbocycles. The summed E-state index contributed by atoms with van der Waals surface area (Å²) in [4.78, 5) is 38.0. The van der Waals surface area contributed by atoms with Crippen molar-refractivity contribution in [2.45, 2.75) is 44.1 Å². The van der Waals surface area contributed by atoms with Crippen LogP contribution in [0.2, 0.25) is 5.02 Å². The average molecular weight is 473 g/mol. The van der Waals surface area contributed by atoms with Crippen LogP contribution in [-0.4, -0.2) is 29.9 Å². The first-order valence-corrected chi connectivity index (χ1v) is 12.3. The van der Waals surface area contributed by atoms with Gasteiger partial charge in [-0.2, -0.15) is 0 Å². The molecule has 0 aliphatic heterocycles. The summed E-state index contributed by atoms with van der Waals surface area (Å²) in [6, 6.07) is 7.99. The first kappa shape index (κ1) is 21.5. The normalized spacial score (nSPS) is 27.7. The van der Waals surface area contributed by atoms with Crippen molar-refractivity contribution in [3.8, 4) is 0 Å². The molecule has 4 bridgehead atoms. The van der Waals surface area contributed by atoms with Crippen molar-refractivity contribution in [1.82, 2.24) is 5.32 Å². The maximum atomic E-state index is 12.6. The van der Waals surface area contributed by atoms with Gasteiger partial charge in [-0.05, 0) is 85.9 Å². The van der Waals surface area contributed by atoms with Crippen LogP contribution < -0.4 is 10.6 Å². The molecule has 0 saturated heterocycles. The summed E-state index contributed by atoms with van der Waals surface area (Å²) in [6.07, 6.45) is 7.03. The first-order valence-electron chi connectivity index (χ1n) is 11.0. The van der Waals surface area contributed by atoms with Gasteiger partial charge in [0.25, 0.3) is 11.8 Å². The molecule has 0 unspecified atom stereocenters. The lowest BCUT2D eigenvalue weighted by atomic mass is 9.53.